The van der Waals surface area contributed by atoms with E-state index in [-0.39, 0.29) is 0 Å². The van der Waals surface area contributed by atoms with Crippen molar-refractivity contribution in [1.82, 2.24) is 39.1 Å². The van der Waals surface area contributed by atoms with Crippen LogP contribution < -0.4 is 0 Å². The zero-order valence-corrected chi connectivity index (χ0v) is 14.6. The summed E-state index contributed by atoms with van der Waals surface area (Å²) in [5.41, 5.74) is 1.46. The highest BCUT2D eigenvalue weighted by Gasteiger charge is 2.15. The number of furan rings is 1. The molecule has 0 bridgehead atoms. The fourth-order valence-electron chi connectivity index (χ4n) is 2.71. The Morgan fingerprint density at radius 2 is 2.08 bits per heavy atom. The van der Waals surface area contributed by atoms with Gasteiger partial charge in [-0.2, -0.15) is 10.2 Å². The van der Waals surface area contributed by atoms with Crippen LogP contribution in [0.2, 0.25) is 0 Å². The van der Waals surface area contributed by atoms with Gasteiger partial charge in [0.15, 0.2) is 17.1 Å². The quantitative estimate of drug-likeness (QED) is 0.462. The number of halogens is 1. The van der Waals surface area contributed by atoms with Crippen LogP contribution in [0.3, 0.4) is 0 Å². The largest absolute Gasteiger partial charge is 0.456 e. The number of rotatable bonds is 3. The highest BCUT2D eigenvalue weighted by molar-refractivity contribution is 9.10. The maximum absolute atomic E-state index is 5.87. The highest BCUT2D eigenvalue weighted by Crippen LogP contribution is 2.23. The summed E-state index contributed by atoms with van der Waals surface area (Å²) in [4.78, 5) is 8.94. The first kappa shape index (κ1) is 14.3. The lowest BCUT2D eigenvalue weighted by molar-refractivity contribution is 0.487. The van der Waals surface area contributed by atoms with Gasteiger partial charge in [0, 0.05) is 13.2 Å². The first-order valence-electron chi connectivity index (χ1n) is 7.47. The summed E-state index contributed by atoms with van der Waals surface area (Å²) in [7, 11) is 1.84. The molecule has 5 heterocycles. The van der Waals surface area contributed by atoms with Crippen LogP contribution in [0.4, 0.5) is 0 Å². The molecule has 25 heavy (non-hydrogen) atoms. The van der Waals surface area contributed by atoms with E-state index in [1.165, 1.54) is 0 Å². The van der Waals surface area contributed by atoms with Crippen LogP contribution in [-0.2, 0) is 13.6 Å². The molecule has 0 N–H and O–H groups in total. The third-order valence-corrected chi connectivity index (χ3v) is 4.28. The van der Waals surface area contributed by atoms with Crippen molar-refractivity contribution in [2.24, 2.45) is 7.05 Å². The van der Waals surface area contributed by atoms with E-state index >= 15 is 0 Å². The van der Waals surface area contributed by atoms with Gasteiger partial charge in [-0.15, -0.1) is 5.10 Å². The summed E-state index contributed by atoms with van der Waals surface area (Å²) >= 11 is 3.38. The van der Waals surface area contributed by atoms with Crippen LogP contribution in [0.25, 0.3) is 28.3 Å². The minimum Gasteiger partial charge on any atom is -0.456 e. The van der Waals surface area contributed by atoms with Crippen LogP contribution in [0, 0.1) is 0 Å². The van der Waals surface area contributed by atoms with E-state index in [9.17, 15) is 0 Å². The van der Waals surface area contributed by atoms with Crippen molar-refractivity contribution in [3.63, 3.8) is 0 Å². The summed E-state index contributed by atoms with van der Waals surface area (Å²) < 4.78 is 11.9. The van der Waals surface area contributed by atoms with E-state index in [1.807, 2.05) is 25.4 Å². The van der Waals surface area contributed by atoms with Crippen molar-refractivity contribution < 1.29 is 4.42 Å². The average molecular weight is 399 g/mol. The lowest BCUT2D eigenvalue weighted by Gasteiger charge is -1.96. The van der Waals surface area contributed by atoms with Crippen LogP contribution in [0.15, 0.2) is 45.9 Å². The Labute approximate surface area is 149 Å². The molecule has 0 unspecified atom stereocenters. The molecule has 124 valence electrons. The van der Waals surface area contributed by atoms with Crippen LogP contribution >= 0.6 is 15.9 Å². The smallest absolute Gasteiger partial charge is 0.217 e. The first-order chi connectivity index (χ1) is 12.2. The number of aromatic nitrogens is 8. The van der Waals surface area contributed by atoms with Crippen LogP contribution in [0.1, 0.15) is 5.76 Å². The van der Waals surface area contributed by atoms with Gasteiger partial charge in [-0.25, -0.2) is 14.5 Å². The average Bonchev–Trinajstić information content (AvgIpc) is 3.34. The minimum absolute atomic E-state index is 0.506. The molecule has 0 amide bonds. The van der Waals surface area contributed by atoms with Gasteiger partial charge < -0.3 is 4.42 Å². The lowest BCUT2D eigenvalue weighted by Crippen LogP contribution is -1.97. The molecular formula is C15H11BrN8O. The molecule has 0 atom stereocenters. The molecule has 0 saturated carbocycles. The van der Waals surface area contributed by atoms with Crippen molar-refractivity contribution in [1.29, 1.82) is 0 Å². The Morgan fingerprint density at radius 3 is 2.92 bits per heavy atom. The second kappa shape index (κ2) is 5.24. The summed E-state index contributed by atoms with van der Waals surface area (Å²) in [6, 6.07) is 3.76. The van der Waals surface area contributed by atoms with E-state index in [2.05, 4.69) is 41.2 Å². The summed E-state index contributed by atoms with van der Waals surface area (Å²) in [5.74, 6) is 1.88. The number of aryl methyl sites for hydroxylation is 1. The van der Waals surface area contributed by atoms with Gasteiger partial charge in [0.25, 0.3) is 0 Å². The normalized spacial score (nSPS) is 11.8. The molecule has 9 nitrogen and oxygen atoms in total. The monoisotopic (exact) mass is 398 g/mol. The SMILES string of the molecule is Cn1ncc2c1ncn1nc(-c3ccc(Cn4cc(Br)cn4)o3)nc21. The number of nitrogens with zero attached hydrogens (tertiary/aromatic N) is 8. The highest BCUT2D eigenvalue weighted by atomic mass is 79.9. The molecule has 0 aromatic carbocycles. The third-order valence-electron chi connectivity index (χ3n) is 3.87. The molecule has 0 spiro atoms. The molecular weight excluding hydrogens is 388 g/mol. The molecule has 0 aliphatic heterocycles. The second-order valence-corrected chi connectivity index (χ2v) is 6.49. The van der Waals surface area contributed by atoms with Gasteiger partial charge in [-0.1, -0.05) is 0 Å². The molecule has 0 radical (unpaired) electrons. The van der Waals surface area contributed by atoms with Crippen LogP contribution in [-0.4, -0.2) is 39.1 Å². The Kier molecular flexibility index (Phi) is 3.01. The fraction of sp³-hybridized carbons (Fsp3) is 0.133. The number of hydrogen-bond donors (Lipinski definition) is 0. The Hall–Kier alpha value is -3.01. The fourth-order valence-corrected chi connectivity index (χ4v) is 3.04. The zero-order chi connectivity index (χ0) is 17.0. The molecule has 0 fully saturated rings. The Bertz CT molecular complexity index is 1210. The molecule has 0 aliphatic carbocycles. The summed E-state index contributed by atoms with van der Waals surface area (Å²) in [5, 5.41) is 13.7. The van der Waals surface area contributed by atoms with Crippen molar-refractivity contribution in [3.05, 3.63) is 47.3 Å². The van der Waals surface area contributed by atoms with Gasteiger partial charge >= 0.3 is 0 Å². The minimum atomic E-state index is 0.506. The van der Waals surface area contributed by atoms with E-state index in [1.54, 1.807) is 32.6 Å². The maximum atomic E-state index is 5.87. The third kappa shape index (κ3) is 2.33. The lowest BCUT2D eigenvalue weighted by atomic mass is 10.4. The van der Waals surface area contributed by atoms with E-state index < -0.39 is 0 Å². The van der Waals surface area contributed by atoms with Gasteiger partial charge in [0.2, 0.25) is 5.82 Å². The standard InChI is InChI=1S/C15H11BrN8O/c1-22-14-11(5-18-22)15-20-13(21-24(15)8-17-14)12-3-2-10(25-12)7-23-6-9(16)4-19-23/h2-6,8H,7H2,1H3. The predicted octanol–water partition coefficient (Wildman–Crippen LogP) is 2.28. The van der Waals surface area contributed by atoms with E-state index in [0.29, 0.717) is 23.8 Å². The van der Waals surface area contributed by atoms with Crippen molar-refractivity contribution >= 4 is 32.6 Å². The maximum Gasteiger partial charge on any atom is 0.217 e. The van der Waals surface area contributed by atoms with Crippen LogP contribution in [0.5, 0.6) is 0 Å². The Balaban J connectivity index is 1.53. The summed E-state index contributed by atoms with van der Waals surface area (Å²) in [6.07, 6.45) is 6.98. The number of fused-ring (bicyclic) bond motifs is 3. The van der Waals surface area contributed by atoms with Crippen molar-refractivity contribution in [3.8, 4) is 11.6 Å². The molecule has 5 rings (SSSR count). The Morgan fingerprint density at radius 1 is 1.16 bits per heavy atom. The molecule has 5 aromatic rings. The first-order valence-corrected chi connectivity index (χ1v) is 8.27. The van der Waals surface area contributed by atoms with Gasteiger partial charge in [0.1, 0.15) is 12.1 Å². The number of hydrogen-bond acceptors (Lipinski definition) is 6. The van der Waals surface area contributed by atoms with Crippen molar-refractivity contribution in [2.75, 3.05) is 0 Å². The summed E-state index contributed by atoms with van der Waals surface area (Å²) in [6.45, 7) is 0.535. The molecule has 10 heteroatoms. The second-order valence-electron chi connectivity index (χ2n) is 5.58. The topological polar surface area (TPSA) is 91.9 Å². The molecule has 0 aliphatic rings. The van der Waals surface area contributed by atoms with Gasteiger partial charge in [0.05, 0.1) is 28.8 Å². The van der Waals surface area contributed by atoms with E-state index in [4.69, 9.17) is 4.42 Å². The molecule has 5 aromatic heterocycles. The molecule has 0 saturated heterocycles. The van der Waals surface area contributed by atoms with Gasteiger partial charge in [-0.05, 0) is 28.1 Å². The van der Waals surface area contributed by atoms with Gasteiger partial charge in [-0.3, -0.25) is 9.36 Å². The zero-order valence-electron chi connectivity index (χ0n) is 13.0. The predicted molar refractivity (Wildman–Crippen MR) is 91.8 cm³/mol. The van der Waals surface area contributed by atoms with Crippen molar-refractivity contribution in [2.45, 2.75) is 6.54 Å². The van der Waals surface area contributed by atoms with E-state index in [0.717, 1.165) is 21.3 Å².